The van der Waals surface area contributed by atoms with E-state index in [1.807, 2.05) is 54.7 Å². The van der Waals surface area contributed by atoms with Crippen LogP contribution in [0.5, 0.6) is 0 Å². The fraction of sp³-hybridized carbons (Fsp3) is 0.250. The predicted molar refractivity (Wildman–Crippen MR) is 122 cm³/mol. The van der Waals surface area contributed by atoms with E-state index >= 15 is 0 Å². The van der Waals surface area contributed by atoms with Crippen molar-refractivity contribution in [2.45, 2.75) is 38.1 Å². The van der Waals surface area contributed by atoms with E-state index in [0.717, 1.165) is 40.7 Å². The van der Waals surface area contributed by atoms with E-state index in [-0.39, 0.29) is 11.8 Å². The Hall–Kier alpha value is -3.94. The van der Waals surface area contributed by atoms with Crippen LogP contribution >= 0.6 is 0 Å². The highest BCUT2D eigenvalue weighted by Crippen LogP contribution is 2.38. The van der Waals surface area contributed by atoms with Crippen LogP contribution in [0.1, 0.15) is 37.1 Å². The molecule has 8 heteroatoms. The number of hydrogen-bond donors (Lipinski definition) is 4. The molecule has 1 unspecified atom stereocenters. The van der Waals surface area contributed by atoms with Crippen LogP contribution in [-0.2, 0) is 16.0 Å². The number of carbonyl (C=O) groups excluding carboxylic acids is 2. The summed E-state index contributed by atoms with van der Waals surface area (Å²) in [6.07, 6.45) is 4.59. The highest BCUT2D eigenvalue weighted by Gasteiger charge is 2.27. The van der Waals surface area contributed by atoms with Gasteiger partial charge < -0.3 is 15.6 Å². The minimum Gasteiger partial charge on any atom is -0.361 e. The van der Waals surface area contributed by atoms with Gasteiger partial charge in [0.1, 0.15) is 11.9 Å². The van der Waals surface area contributed by atoms with Crippen LogP contribution in [0.25, 0.3) is 22.3 Å². The van der Waals surface area contributed by atoms with Gasteiger partial charge in [0.2, 0.25) is 11.8 Å². The number of nitrogens with zero attached hydrogens (tertiary/aromatic N) is 2. The lowest BCUT2D eigenvalue weighted by molar-refractivity contribution is -0.125. The maximum absolute atomic E-state index is 13.0. The highest BCUT2D eigenvalue weighted by molar-refractivity contribution is 5.97. The fourth-order valence-corrected chi connectivity index (χ4v) is 3.85. The van der Waals surface area contributed by atoms with Crippen molar-refractivity contribution in [2.24, 2.45) is 0 Å². The van der Waals surface area contributed by atoms with Crippen LogP contribution in [0.15, 0.2) is 54.7 Å². The smallest absolute Gasteiger partial charge is 0.247 e. The zero-order valence-corrected chi connectivity index (χ0v) is 17.7. The molecule has 5 rings (SSSR count). The topological polar surface area (TPSA) is 116 Å². The third kappa shape index (κ3) is 4.25. The minimum absolute atomic E-state index is 0.253. The number of rotatable bonds is 7. The van der Waals surface area contributed by atoms with Gasteiger partial charge in [0.25, 0.3) is 0 Å². The second-order valence-electron chi connectivity index (χ2n) is 8.20. The predicted octanol–water partition coefficient (Wildman–Crippen LogP) is 3.52. The van der Waals surface area contributed by atoms with Gasteiger partial charge in [-0.05, 0) is 48.7 Å². The molecule has 0 spiro atoms. The van der Waals surface area contributed by atoms with E-state index in [1.165, 1.54) is 6.92 Å². The molecule has 0 saturated heterocycles. The molecule has 2 aromatic carbocycles. The normalized spacial score (nSPS) is 14.3. The molecule has 4 N–H and O–H groups in total. The molecule has 32 heavy (non-hydrogen) atoms. The van der Waals surface area contributed by atoms with Gasteiger partial charge in [-0.15, -0.1) is 0 Å². The van der Waals surface area contributed by atoms with Gasteiger partial charge in [0.05, 0.1) is 0 Å². The molecule has 2 aromatic heterocycles. The zero-order valence-electron chi connectivity index (χ0n) is 17.7. The van der Waals surface area contributed by atoms with E-state index < -0.39 is 6.04 Å². The number of aromatic amines is 2. The van der Waals surface area contributed by atoms with Crippen LogP contribution in [0.4, 0.5) is 5.69 Å². The first-order valence-electron chi connectivity index (χ1n) is 10.7. The first-order valence-corrected chi connectivity index (χ1v) is 10.7. The van der Waals surface area contributed by atoms with Crippen molar-refractivity contribution in [1.82, 2.24) is 25.5 Å². The Labute approximate surface area is 184 Å². The molecule has 1 aliphatic rings. The van der Waals surface area contributed by atoms with E-state index in [2.05, 4.69) is 30.8 Å². The second kappa shape index (κ2) is 8.30. The summed E-state index contributed by atoms with van der Waals surface area (Å²) >= 11 is 0. The van der Waals surface area contributed by atoms with Gasteiger partial charge in [-0.1, -0.05) is 18.2 Å². The lowest BCUT2D eigenvalue weighted by atomic mass is 10.0. The third-order valence-corrected chi connectivity index (χ3v) is 5.67. The summed E-state index contributed by atoms with van der Waals surface area (Å²) in [6.45, 7) is 1.41. The molecule has 2 amide bonds. The average Bonchev–Trinajstić information content (AvgIpc) is 3.38. The minimum atomic E-state index is -0.694. The van der Waals surface area contributed by atoms with E-state index in [1.54, 1.807) is 0 Å². The maximum Gasteiger partial charge on any atom is 0.247 e. The summed E-state index contributed by atoms with van der Waals surface area (Å²) in [5.41, 5.74) is 3.49. The van der Waals surface area contributed by atoms with Crippen molar-refractivity contribution in [3.63, 3.8) is 0 Å². The first kappa shape index (κ1) is 20.0. The van der Waals surface area contributed by atoms with E-state index in [9.17, 15) is 9.59 Å². The summed E-state index contributed by atoms with van der Waals surface area (Å²) < 4.78 is 0. The summed E-state index contributed by atoms with van der Waals surface area (Å²) in [7, 11) is 0. The molecule has 0 bridgehead atoms. The lowest BCUT2D eigenvalue weighted by Crippen LogP contribution is -2.44. The van der Waals surface area contributed by atoms with Crippen molar-refractivity contribution in [2.75, 3.05) is 5.32 Å². The molecule has 2 heterocycles. The molecule has 1 fully saturated rings. The molecule has 4 aromatic rings. The van der Waals surface area contributed by atoms with Crippen molar-refractivity contribution < 1.29 is 9.59 Å². The molecular weight excluding hydrogens is 404 g/mol. The number of carbonyl (C=O) groups is 2. The van der Waals surface area contributed by atoms with Crippen molar-refractivity contribution in [3.05, 3.63) is 66.1 Å². The number of anilines is 1. The van der Waals surface area contributed by atoms with Crippen LogP contribution < -0.4 is 10.6 Å². The Balaban J connectivity index is 1.29. The van der Waals surface area contributed by atoms with Crippen LogP contribution in [0, 0.1) is 0 Å². The van der Waals surface area contributed by atoms with Gasteiger partial charge in [0, 0.05) is 47.6 Å². The molecule has 162 valence electrons. The van der Waals surface area contributed by atoms with Crippen LogP contribution in [0.3, 0.4) is 0 Å². The fourth-order valence-electron chi connectivity index (χ4n) is 3.85. The van der Waals surface area contributed by atoms with Crippen molar-refractivity contribution in [1.29, 1.82) is 0 Å². The zero-order chi connectivity index (χ0) is 22.1. The second-order valence-corrected chi connectivity index (χ2v) is 8.20. The standard InChI is InChI=1S/C24H24N6O2/c1-14(31)26-21(12-17-13-25-20-5-3-2-4-19(17)20)24(32)27-18-10-8-16(9-11-18)23-28-22(29-30-23)15-6-7-15/h2-5,8-11,13,15,21,25H,6-7,12H2,1H3,(H,26,31)(H,27,32)(H,28,29,30). The number of H-pyrrole nitrogens is 2. The molecule has 8 nitrogen and oxygen atoms in total. The van der Waals surface area contributed by atoms with Crippen LogP contribution in [-0.4, -0.2) is 38.0 Å². The Bertz CT molecular complexity index is 1270. The number of para-hydroxylation sites is 1. The molecule has 1 saturated carbocycles. The number of nitrogens with one attached hydrogen (secondary N) is 4. The van der Waals surface area contributed by atoms with E-state index in [0.29, 0.717) is 23.9 Å². The number of aromatic nitrogens is 4. The Kier molecular flexibility index (Phi) is 5.18. The number of hydrogen-bond acceptors (Lipinski definition) is 4. The molecule has 1 aliphatic carbocycles. The molecule has 1 atom stereocenters. The molecular formula is C24H24N6O2. The van der Waals surface area contributed by atoms with Crippen molar-refractivity contribution in [3.8, 4) is 11.4 Å². The number of benzene rings is 2. The molecule has 0 aliphatic heterocycles. The third-order valence-electron chi connectivity index (χ3n) is 5.67. The van der Waals surface area contributed by atoms with Gasteiger partial charge in [-0.25, -0.2) is 4.98 Å². The first-order chi connectivity index (χ1) is 15.6. The Morgan fingerprint density at radius 2 is 1.91 bits per heavy atom. The van der Waals surface area contributed by atoms with Crippen molar-refractivity contribution >= 4 is 28.4 Å². The largest absolute Gasteiger partial charge is 0.361 e. The van der Waals surface area contributed by atoms with E-state index in [4.69, 9.17) is 0 Å². The Morgan fingerprint density at radius 1 is 1.12 bits per heavy atom. The summed E-state index contributed by atoms with van der Waals surface area (Å²) in [5.74, 6) is 1.58. The van der Waals surface area contributed by atoms with Gasteiger partial charge in [-0.2, -0.15) is 5.10 Å². The number of fused-ring (bicyclic) bond motifs is 1. The highest BCUT2D eigenvalue weighted by atomic mass is 16.2. The van der Waals surface area contributed by atoms with Gasteiger partial charge in [0.15, 0.2) is 5.82 Å². The maximum atomic E-state index is 13.0. The van der Waals surface area contributed by atoms with Gasteiger partial charge in [-0.3, -0.25) is 14.7 Å². The average molecular weight is 428 g/mol. The SMILES string of the molecule is CC(=O)NC(Cc1c[nH]c2ccccc12)C(=O)Nc1ccc(-c2n[nH]c(C3CC3)n2)cc1. The quantitative estimate of drug-likeness (QED) is 0.360. The monoisotopic (exact) mass is 428 g/mol. The lowest BCUT2D eigenvalue weighted by Gasteiger charge is -2.17. The summed E-state index contributed by atoms with van der Waals surface area (Å²) in [6, 6.07) is 14.6. The van der Waals surface area contributed by atoms with Gasteiger partial charge >= 0.3 is 0 Å². The van der Waals surface area contributed by atoms with Crippen LogP contribution in [0.2, 0.25) is 0 Å². The summed E-state index contributed by atoms with van der Waals surface area (Å²) in [4.78, 5) is 32.5. The summed E-state index contributed by atoms with van der Waals surface area (Å²) in [5, 5.41) is 14.0. The Morgan fingerprint density at radius 3 is 2.66 bits per heavy atom. The molecule has 0 radical (unpaired) electrons. The number of amides is 2.